The maximum absolute atomic E-state index is 12.0. The van der Waals surface area contributed by atoms with Gasteiger partial charge in [-0.25, -0.2) is 0 Å². The molecule has 2 N–H and O–H groups in total. The molecule has 2 aromatic heterocycles. The number of nitrogens with one attached hydrogen (secondary N) is 2. The van der Waals surface area contributed by atoms with Gasteiger partial charge in [0.05, 0.1) is 12.5 Å². The van der Waals surface area contributed by atoms with Gasteiger partial charge >= 0.3 is 0 Å². The molecule has 8 nitrogen and oxygen atoms in total. The van der Waals surface area contributed by atoms with Crippen molar-refractivity contribution in [2.75, 3.05) is 18.5 Å². The van der Waals surface area contributed by atoms with Crippen molar-refractivity contribution in [1.29, 1.82) is 0 Å². The summed E-state index contributed by atoms with van der Waals surface area (Å²) in [5.74, 6) is 0.143. The molecular formula is C20H22N4O4. The van der Waals surface area contributed by atoms with Gasteiger partial charge in [0.1, 0.15) is 5.75 Å². The average Bonchev–Trinajstić information content (AvgIpc) is 3.36. The van der Waals surface area contributed by atoms with Gasteiger partial charge in [0.2, 0.25) is 0 Å². The van der Waals surface area contributed by atoms with Gasteiger partial charge in [0, 0.05) is 31.0 Å². The van der Waals surface area contributed by atoms with Gasteiger partial charge in [-0.05, 0) is 43.2 Å². The second-order valence-corrected chi connectivity index (χ2v) is 6.23. The van der Waals surface area contributed by atoms with Crippen LogP contribution in [0.5, 0.6) is 5.75 Å². The third-order valence-electron chi connectivity index (χ3n) is 3.86. The lowest BCUT2D eigenvalue weighted by Gasteiger charge is -2.09. The van der Waals surface area contributed by atoms with Crippen LogP contribution in [0.2, 0.25) is 0 Å². The summed E-state index contributed by atoms with van der Waals surface area (Å²) in [5.41, 5.74) is 1.66. The summed E-state index contributed by atoms with van der Waals surface area (Å²) in [5, 5.41) is 9.71. The molecule has 0 atom stereocenters. The number of aromatic nitrogens is 2. The molecule has 8 heteroatoms. The molecule has 146 valence electrons. The van der Waals surface area contributed by atoms with Crippen molar-refractivity contribution in [2.24, 2.45) is 0 Å². The number of amides is 2. The Morgan fingerprint density at radius 1 is 1.25 bits per heavy atom. The van der Waals surface area contributed by atoms with Gasteiger partial charge in [-0.3, -0.25) is 14.3 Å². The van der Waals surface area contributed by atoms with Crippen molar-refractivity contribution in [3.8, 4) is 5.75 Å². The van der Waals surface area contributed by atoms with Crippen LogP contribution >= 0.6 is 0 Å². The Hall–Kier alpha value is -3.55. The van der Waals surface area contributed by atoms with Crippen LogP contribution in [0.3, 0.4) is 0 Å². The minimum absolute atomic E-state index is 0.101. The molecule has 28 heavy (non-hydrogen) atoms. The third-order valence-corrected chi connectivity index (χ3v) is 3.86. The minimum atomic E-state index is -0.354. The van der Waals surface area contributed by atoms with Crippen LogP contribution in [0.25, 0.3) is 0 Å². The van der Waals surface area contributed by atoms with Crippen LogP contribution in [0, 0.1) is 6.92 Å². The Morgan fingerprint density at radius 2 is 2.14 bits per heavy atom. The Labute approximate surface area is 162 Å². The molecule has 0 aliphatic heterocycles. The molecule has 0 saturated carbocycles. The van der Waals surface area contributed by atoms with Gasteiger partial charge in [-0.15, -0.1) is 0 Å². The number of hydrogen-bond acceptors (Lipinski definition) is 5. The van der Waals surface area contributed by atoms with Crippen LogP contribution in [0.15, 0.2) is 59.5 Å². The highest BCUT2D eigenvalue weighted by molar-refractivity contribution is 6.02. The summed E-state index contributed by atoms with van der Waals surface area (Å²) in [6.45, 7) is 3.17. The SMILES string of the molecule is Cc1cnn(CCCNC(=O)COc2cccc(NC(=O)c3ccco3)c2)c1. The Kier molecular flexibility index (Phi) is 6.46. The average molecular weight is 382 g/mol. The van der Waals surface area contributed by atoms with Crippen molar-refractivity contribution in [3.05, 3.63) is 66.4 Å². The summed E-state index contributed by atoms with van der Waals surface area (Å²) in [4.78, 5) is 23.9. The summed E-state index contributed by atoms with van der Waals surface area (Å²) in [7, 11) is 0. The summed E-state index contributed by atoms with van der Waals surface area (Å²) in [6, 6.07) is 10.0. The standard InChI is InChI=1S/C20H22N4O4/c1-15-12-22-24(13-15)9-4-8-21-19(25)14-28-17-6-2-5-16(11-17)23-20(26)18-7-3-10-27-18/h2-3,5-7,10-13H,4,8-9,14H2,1H3,(H,21,25)(H,23,26). The van der Waals surface area contributed by atoms with E-state index >= 15 is 0 Å². The quantitative estimate of drug-likeness (QED) is 0.555. The molecule has 2 amide bonds. The normalized spacial score (nSPS) is 10.5. The first-order valence-corrected chi connectivity index (χ1v) is 8.93. The van der Waals surface area contributed by atoms with E-state index in [0.717, 1.165) is 18.5 Å². The molecule has 0 fully saturated rings. The maximum Gasteiger partial charge on any atom is 0.291 e. The number of carbonyl (C=O) groups is 2. The largest absolute Gasteiger partial charge is 0.484 e. The molecule has 3 rings (SSSR count). The second-order valence-electron chi connectivity index (χ2n) is 6.23. The molecule has 0 saturated heterocycles. The van der Waals surface area contributed by atoms with Crippen LogP contribution in [-0.4, -0.2) is 34.7 Å². The van der Waals surface area contributed by atoms with Gasteiger partial charge in [-0.1, -0.05) is 6.07 Å². The highest BCUT2D eigenvalue weighted by Gasteiger charge is 2.09. The monoisotopic (exact) mass is 382 g/mol. The van der Waals surface area contributed by atoms with Crippen molar-refractivity contribution < 1.29 is 18.7 Å². The molecule has 0 aliphatic rings. The maximum atomic E-state index is 12.0. The van der Waals surface area contributed by atoms with Crippen LogP contribution < -0.4 is 15.4 Å². The van der Waals surface area contributed by atoms with Gasteiger partial charge < -0.3 is 19.8 Å². The van der Waals surface area contributed by atoms with E-state index < -0.39 is 0 Å². The smallest absolute Gasteiger partial charge is 0.291 e. The number of aryl methyl sites for hydroxylation is 2. The fraction of sp³-hybridized carbons (Fsp3) is 0.250. The number of rotatable bonds is 9. The highest BCUT2D eigenvalue weighted by atomic mass is 16.5. The zero-order valence-corrected chi connectivity index (χ0v) is 15.6. The van der Waals surface area contributed by atoms with E-state index in [4.69, 9.17) is 9.15 Å². The van der Waals surface area contributed by atoms with E-state index in [-0.39, 0.29) is 24.2 Å². The molecule has 0 bridgehead atoms. The number of benzene rings is 1. The van der Waals surface area contributed by atoms with Crippen molar-refractivity contribution in [1.82, 2.24) is 15.1 Å². The number of furan rings is 1. The van der Waals surface area contributed by atoms with E-state index in [0.29, 0.717) is 18.0 Å². The molecular weight excluding hydrogens is 360 g/mol. The zero-order chi connectivity index (χ0) is 19.8. The molecule has 2 heterocycles. The van der Waals surface area contributed by atoms with E-state index in [1.165, 1.54) is 6.26 Å². The van der Waals surface area contributed by atoms with Gasteiger partial charge in [0.15, 0.2) is 12.4 Å². The summed E-state index contributed by atoms with van der Waals surface area (Å²) in [6.07, 6.45) is 5.98. The number of carbonyl (C=O) groups excluding carboxylic acids is 2. The number of hydrogen-bond donors (Lipinski definition) is 2. The first kappa shape index (κ1) is 19.2. The topological polar surface area (TPSA) is 98.4 Å². The van der Waals surface area contributed by atoms with Crippen molar-refractivity contribution in [3.63, 3.8) is 0 Å². The predicted molar refractivity (Wildman–Crippen MR) is 103 cm³/mol. The molecule has 0 spiro atoms. The number of anilines is 1. The molecule has 1 aromatic carbocycles. The Morgan fingerprint density at radius 3 is 2.89 bits per heavy atom. The van der Waals surface area contributed by atoms with Gasteiger partial charge in [-0.2, -0.15) is 5.10 Å². The molecule has 3 aromatic rings. The summed E-state index contributed by atoms with van der Waals surface area (Å²) < 4.78 is 12.4. The Bertz CT molecular complexity index is 918. The zero-order valence-electron chi connectivity index (χ0n) is 15.6. The first-order chi connectivity index (χ1) is 13.6. The molecule has 0 aliphatic carbocycles. The lowest BCUT2D eigenvalue weighted by molar-refractivity contribution is -0.123. The summed E-state index contributed by atoms with van der Waals surface area (Å²) >= 11 is 0. The van der Waals surface area contributed by atoms with Crippen molar-refractivity contribution >= 4 is 17.5 Å². The first-order valence-electron chi connectivity index (χ1n) is 8.93. The molecule has 0 radical (unpaired) electrons. The van der Waals surface area contributed by atoms with E-state index in [1.807, 2.05) is 17.8 Å². The molecule has 0 unspecified atom stereocenters. The van der Waals surface area contributed by atoms with E-state index in [2.05, 4.69) is 15.7 Å². The van der Waals surface area contributed by atoms with Crippen molar-refractivity contribution in [2.45, 2.75) is 19.9 Å². The fourth-order valence-corrected chi connectivity index (χ4v) is 2.52. The van der Waals surface area contributed by atoms with Crippen LogP contribution in [0.1, 0.15) is 22.5 Å². The third kappa shape index (κ3) is 5.73. The second kappa shape index (κ2) is 9.40. The number of nitrogens with zero attached hydrogens (tertiary/aromatic N) is 2. The predicted octanol–water partition coefficient (Wildman–Crippen LogP) is 2.62. The highest BCUT2D eigenvalue weighted by Crippen LogP contribution is 2.18. The van der Waals surface area contributed by atoms with E-state index in [9.17, 15) is 9.59 Å². The fourth-order valence-electron chi connectivity index (χ4n) is 2.52. The minimum Gasteiger partial charge on any atom is -0.484 e. The Balaban J connectivity index is 1.39. The lowest BCUT2D eigenvalue weighted by Crippen LogP contribution is -2.30. The van der Waals surface area contributed by atoms with Crippen LogP contribution in [-0.2, 0) is 11.3 Å². The number of ether oxygens (including phenoxy) is 1. The van der Waals surface area contributed by atoms with Crippen LogP contribution in [0.4, 0.5) is 5.69 Å². The van der Waals surface area contributed by atoms with E-state index in [1.54, 1.807) is 42.6 Å². The lowest BCUT2D eigenvalue weighted by atomic mass is 10.3. The van der Waals surface area contributed by atoms with Gasteiger partial charge in [0.25, 0.3) is 11.8 Å².